The number of allylic oxidation sites excluding steroid dienone is 1. The van der Waals surface area contributed by atoms with Crippen LogP contribution in [0.4, 0.5) is 0 Å². The Morgan fingerprint density at radius 3 is 2.53 bits per heavy atom. The van der Waals surface area contributed by atoms with E-state index in [1.807, 2.05) is 30.4 Å². The summed E-state index contributed by atoms with van der Waals surface area (Å²) in [7, 11) is 0. The van der Waals surface area contributed by atoms with Gasteiger partial charge in [0.15, 0.2) is 0 Å². The fourth-order valence-corrected chi connectivity index (χ4v) is 1.72. The van der Waals surface area contributed by atoms with Crippen LogP contribution < -0.4 is 4.72 Å². The molecule has 1 aliphatic heterocycles. The summed E-state index contributed by atoms with van der Waals surface area (Å²) < 4.78 is 12.8. The Morgan fingerprint density at radius 1 is 1.40 bits per heavy atom. The van der Waals surface area contributed by atoms with Gasteiger partial charge in [0.25, 0.3) is 0 Å². The van der Waals surface area contributed by atoms with E-state index in [2.05, 4.69) is 23.4 Å². The number of rotatable bonds is 2. The molecule has 15 heavy (non-hydrogen) atoms. The molecule has 0 amide bonds. The molecule has 0 aromatic heterocycles. The maximum absolute atomic E-state index is 10.2. The maximum Gasteiger partial charge on any atom is 0.136 e. The monoisotopic (exact) mass is 221 g/mol. The number of hydrogen-bond acceptors (Lipinski definition) is 2. The normalized spacial score (nSPS) is 18.1. The van der Waals surface area contributed by atoms with E-state index in [0.29, 0.717) is 0 Å². The average molecular weight is 221 g/mol. The number of nitrogens with one attached hydrogen (secondary N) is 1. The van der Waals surface area contributed by atoms with Gasteiger partial charge in [-0.15, -0.1) is 11.3 Å². The third-order valence-electron chi connectivity index (χ3n) is 1.79. The Kier molecular flexibility index (Phi) is 5.85. The molecule has 2 nitrogen and oxygen atoms in total. The zero-order valence-corrected chi connectivity index (χ0v) is 9.37. The highest BCUT2D eigenvalue weighted by Gasteiger charge is 2.02. The fourth-order valence-electron chi connectivity index (χ4n) is 1.09. The van der Waals surface area contributed by atoms with Gasteiger partial charge < -0.3 is 4.55 Å². The lowest BCUT2D eigenvalue weighted by Gasteiger charge is -1.93. The minimum Gasteiger partial charge on any atom is -0.593 e. The van der Waals surface area contributed by atoms with Crippen LogP contribution in [0.5, 0.6) is 0 Å². The lowest BCUT2D eigenvalue weighted by atomic mass is 10.2. The molecule has 1 unspecified atom stereocenters. The van der Waals surface area contributed by atoms with Crippen LogP contribution in [0.1, 0.15) is 5.56 Å². The van der Waals surface area contributed by atoms with E-state index in [-0.39, 0.29) is 0 Å². The van der Waals surface area contributed by atoms with Crippen LogP contribution in [0, 0.1) is 0 Å². The standard InChI is InChI=1S/C9H10.C3H5NOS/c1-2-6-9-7-4-3-5-8-9;5-6-3-1-2-4-6/h2-5,7-8H,1,6H2;1,3-4H,2H2. The SMILES string of the molecule is C=CCc1ccccc1.[O-][S+]1C=CCN1. The minimum atomic E-state index is -0.853. The summed E-state index contributed by atoms with van der Waals surface area (Å²) in [6.07, 6.45) is 4.73. The summed E-state index contributed by atoms with van der Waals surface area (Å²) in [5.74, 6) is 0. The molecular weight excluding hydrogens is 206 g/mol. The molecule has 0 bridgehead atoms. The lowest BCUT2D eigenvalue weighted by Crippen LogP contribution is -2.14. The van der Waals surface area contributed by atoms with Crippen molar-refractivity contribution >= 4 is 11.4 Å². The highest BCUT2D eigenvalue weighted by Crippen LogP contribution is 1.98. The van der Waals surface area contributed by atoms with Crippen molar-refractivity contribution in [1.82, 2.24) is 4.72 Å². The van der Waals surface area contributed by atoms with Crippen LogP contribution in [0.15, 0.2) is 54.5 Å². The van der Waals surface area contributed by atoms with Crippen molar-refractivity contribution in [3.63, 3.8) is 0 Å². The van der Waals surface area contributed by atoms with Crippen molar-refractivity contribution in [3.05, 3.63) is 60.0 Å². The van der Waals surface area contributed by atoms with Crippen molar-refractivity contribution in [2.45, 2.75) is 6.42 Å². The van der Waals surface area contributed by atoms with Gasteiger partial charge in [-0.1, -0.05) is 36.4 Å². The fraction of sp³-hybridized carbons (Fsp3) is 0.167. The predicted molar refractivity (Wildman–Crippen MR) is 65.6 cm³/mol. The van der Waals surface area contributed by atoms with Crippen molar-refractivity contribution in [2.75, 3.05) is 6.54 Å². The first kappa shape index (κ1) is 12.0. The van der Waals surface area contributed by atoms with Gasteiger partial charge in [0.05, 0.1) is 17.9 Å². The second-order valence-corrected chi connectivity index (χ2v) is 4.15. The Hall–Kier alpha value is -1.03. The Balaban J connectivity index is 0.000000162. The first-order valence-electron chi connectivity index (χ1n) is 4.78. The third kappa shape index (κ3) is 5.42. The summed E-state index contributed by atoms with van der Waals surface area (Å²) in [5, 5.41) is 1.64. The van der Waals surface area contributed by atoms with E-state index in [1.165, 1.54) is 5.56 Å². The zero-order chi connectivity index (χ0) is 10.9. The molecule has 0 aliphatic carbocycles. The van der Waals surface area contributed by atoms with Crippen LogP contribution in [0.25, 0.3) is 0 Å². The van der Waals surface area contributed by atoms with E-state index in [0.717, 1.165) is 13.0 Å². The van der Waals surface area contributed by atoms with E-state index < -0.39 is 11.4 Å². The highest BCUT2D eigenvalue weighted by atomic mass is 32.2. The predicted octanol–water partition coefficient (Wildman–Crippen LogP) is 2.18. The van der Waals surface area contributed by atoms with Crippen LogP contribution >= 0.6 is 0 Å². The molecule has 0 fully saturated rings. The molecule has 80 valence electrons. The van der Waals surface area contributed by atoms with Crippen molar-refractivity contribution in [3.8, 4) is 0 Å². The van der Waals surface area contributed by atoms with Crippen molar-refractivity contribution in [1.29, 1.82) is 0 Å². The first-order chi connectivity index (χ1) is 7.33. The average Bonchev–Trinajstić information content (AvgIpc) is 2.72. The number of hydrogen-bond donors (Lipinski definition) is 1. The van der Waals surface area contributed by atoms with Gasteiger partial charge >= 0.3 is 0 Å². The lowest BCUT2D eigenvalue weighted by molar-refractivity contribution is 0.596. The smallest absolute Gasteiger partial charge is 0.136 e. The van der Waals surface area contributed by atoms with Gasteiger partial charge in [-0.3, -0.25) is 0 Å². The molecule has 1 heterocycles. The topological polar surface area (TPSA) is 35.1 Å². The molecule has 0 saturated carbocycles. The Morgan fingerprint density at radius 2 is 2.13 bits per heavy atom. The van der Waals surface area contributed by atoms with Crippen LogP contribution in [-0.4, -0.2) is 11.1 Å². The molecule has 0 saturated heterocycles. The summed E-state index contributed by atoms with van der Waals surface area (Å²) in [4.78, 5) is 0. The summed E-state index contributed by atoms with van der Waals surface area (Å²) in [6.45, 7) is 4.41. The largest absolute Gasteiger partial charge is 0.593 e. The molecule has 3 heteroatoms. The van der Waals surface area contributed by atoms with Crippen LogP contribution in [-0.2, 0) is 17.8 Å². The summed E-state index contributed by atoms with van der Waals surface area (Å²) in [6, 6.07) is 10.3. The minimum absolute atomic E-state index is 0.757. The Labute approximate surface area is 94.0 Å². The van der Waals surface area contributed by atoms with Gasteiger partial charge in [0.1, 0.15) is 5.41 Å². The maximum atomic E-state index is 10.2. The molecule has 0 radical (unpaired) electrons. The van der Waals surface area contributed by atoms with Crippen LogP contribution in [0.3, 0.4) is 0 Å². The van der Waals surface area contributed by atoms with E-state index in [1.54, 1.807) is 5.41 Å². The van der Waals surface area contributed by atoms with Gasteiger partial charge in [0.2, 0.25) is 0 Å². The van der Waals surface area contributed by atoms with E-state index >= 15 is 0 Å². The first-order valence-corrected chi connectivity index (χ1v) is 6.00. The number of benzene rings is 1. The van der Waals surface area contributed by atoms with E-state index in [9.17, 15) is 4.55 Å². The molecule has 0 spiro atoms. The molecule has 2 rings (SSSR count). The summed E-state index contributed by atoms with van der Waals surface area (Å²) >= 11 is -0.853. The highest BCUT2D eigenvalue weighted by molar-refractivity contribution is 7.92. The van der Waals surface area contributed by atoms with Crippen molar-refractivity contribution in [2.24, 2.45) is 0 Å². The van der Waals surface area contributed by atoms with Crippen LogP contribution in [0.2, 0.25) is 0 Å². The van der Waals surface area contributed by atoms with Gasteiger partial charge in [-0.25, -0.2) is 0 Å². The van der Waals surface area contributed by atoms with Gasteiger partial charge in [-0.2, -0.15) is 0 Å². The van der Waals surface area contributed by atoms with Gasteiger partial charge in [-0.05, 0) is 18.1 Å². The molecule has 1 aliphatic rings. The molecule has 1 N–H and O–H groups in total. The molecular formula is C12H15NOS. The second-order valence-electron chi connectivity index (χ2n) is 3.00. The molecule has 1 aromatic carbocycles. The molecule has 1 aromatic rings. The quantitative estimate of drug-likeness (QED) is 0.613. The summed E-state index contributed by atoms with van der Waals surface area (Å²) in [5.41, 5.74) is 1.33. The Bertz CT molecular complexity index is 311. The van der Waals surface area contributed by atoms with Gasteiger partial charge in [0, 0.05) is 0 Å². The van der Waals surface area contributed by atoms with Crippen molar-refractivity contribution < 1.29 is 4.55 Å². The third-order valence-corrected chi connectivity index (χ3v) is 2.68. The second kappa shape index (κ2) is 7.29. The van der Waals surface area contributed by atoms with E-state index in [4.69, 9.17) is 0 Å². The zero-order valence-electron chi connectivity index (χ0n) is 8.56. The molecule has 1 atom stereocenters.